The number of nitrogens with one attached hydrogen (secondary N) is 1. The van der Waals surface area contributed by atoms with Crippen LogP contribution in [0.4, 0.5) is 20.2 Å². The number of morpholine rings is 1. The number of benzene rings is 2. The molecule has 1 saturated heterocycles. The Kier molecular flexibility index (Phi) is 5.32. The van der Waals surface area contributed by atoms with E-state index in [0.717, 1.165) is 12.1 Å². The van der Waals surface area contributed by atoms with E-state index in [1.54, 1.807) is 6.07 Å². The minimum Gasteiger partial charge on any atom is -0.378 e. The first-order valence-corrected chi connectivity index (χ1v) is 9.61. The largest absolute Gasteiger partial charge is 0.378 e. The number of nitrogens with zero attached hydrogens (tertiary/aromatic N) is 3. The monoisotopic (exact) mass is 430 g/mol. The molecule has 0 atom stereocenters. The highest BCUT2D eigenvalue weighted by molar-refractivity contribution is 6.07. The fraction of sp³-hybridized carbons (Fsp3) is 0.286. The lowest BCUT2D eigenvalue weighted by Crippen LogP contribution is -2.40. The Morgan fingerprint density at radius 3 is 2.10 bits per heavy atom. The van der Waals surface area contributed by atoms with E-state index in [0.29, 0.717) is 43.0 Å². The third-order valence-electron chi connectivity index (χ3n) is 5.40. The van der Waals surface area contributed by atoms with Gasteiger partial charge in [-0.25, -0.2) is 8.78 Å². The summed E-state index contributed by atoms with van der Waals surface area (Å²) < 4.78 is 36.0. The van der Waals surface area contributed by atoms with E-state index in [1.807, 2.05) is 4.90 Å². The molecule has 1 aliphatic heterocycles. The molecule has 1 aliphatic rings. The average Bonchev–Trinajstić information content (AvgIpc) is 2.76. The zero-order valence-corrected chi connectivity index (χ0v) is 16.9. The maximum Gasteiger partial charge on any atom is 0.316 e. The highest BCUT2D eigenvalue weighted by Crippen LogP contribution is 2.32. The summed E-state index contributed by atoms with van der Waals surface area (Å²) in [5.74, 6) is -2.93. The second kappa shape index (κ2) is 7.95. The van der Waals surface area contributed by atoms with Gasteiger partial charge in [0.25, 0.3) is 5.91 Å². The minimum atomic E-state index is -0.985. The number of anilines is 2. The summed E-state index contributed by atoms with van der Waals surface area (Å²) >= 11 is 0. The van der Waals surface area contributed by atoms with Crippen LogP contribution in [-0.4, -0.2) is 41.3 Å². The molecule has 1 N–H and O–H groups in total. The number of aryl methyl sites for hydroxylation is 2. The van der Waals surface area contributed by atoms with Crippen LogP contribution in [0.25, 0.3) is 11.0 Å². The summed E-state index contributed by atoms with van der Waals surface area (Å²) in [5, 5.41) is 2.57. The summed E-state index contributed by atoms with van der Waals surface area (Å²) in [6, 6.07) is 6.38. The third kappa shape index (κ3) is 3.59. The van der Waals surface area contributed by atoms with Crippen LogP contribution in [0.5, 0.6) is 0 Å². The number of halogens is 2. The molecule has 2 heterocycles. The van der Waals surface area contributed by atoms with E-state index in [-0.39, 0.29) is 5.69 Å². The molecule has 3 aromatic rings. The number of ether oxygens (including phenoxy) is 1. The zero-order valence-electron chi connectivity index (χ0n) is 16.9. The SMILES string of the molecule is Cn1c(=O)c(=O)n(C)c2cc(N3CCOCC3)c(NC(=O)c3c(F)cccc3F)cc21. The quantitative estimate of drug-likeness (QED) is 0.638. The van der Waals surface area contributed by atoms with Crippen molar-refractivity contribution in [1.82, 2.24) is 9.13 Å². The van der Waals surface area contributed by atoms with Gasteiger partial charge in [-0.1, -0.05) is 6.07 Å². The molecule has 1 amide bonds. The molecule has 0 unspecified atom stereocenters. The van der Waals surface area contributed by atoms with Crippen molar-refractivity contribution in [2.45, 2.75) is 0 Å². The number of hydrogen-bond acceptors (Lipinski definition) is 5. The fourth-order valence-electron chi connectivity index (χ4n) is 3.67. The van der Waals surface area contributed by atoms with Crippen LogP contribution >= 0.6 is 0 Å². The first-order chi connectivity index (χ1) is 14.8. The second-order valence-corrected chi connectivity index (χ2v) is 7.24. The molecule has 31 heavy (non-hydrogen) atoms. The van der Waals surface area contributed by atoms with Crippen molar-refractivity contribution < 1.29 is 18.3 Å². The smallest absolute Gasteiger partial charge is 0.316 e. The van der Waals surface area contributed by atoms with E-state index >= 15 is 0 Å². The fourth-order valence-corrected chi connectivity index (χ4v) is 3.67. The molecule has 0 bridgehead atoms. The second-order valence-electron chi connectivity index (χ2n) is 7.24. The van der Waals surface area contributed by atoms with Gasteiger partial charge in [0.05, 0.1) is 35.6 Å². The number of carbonyl (C=O) groups is 1. The Morgan fingerprint density at radius 2 is 1.52 bits per heavy atom. The molecule has 1 aromatic heterocycles. The number of amides is 1. The van der Waals surface area contributed by atoms with Gasteiger partial charge in [-0.05, 0) is 24.3 Å². The molecule has 0 radical (unpaired) electrons. The van der Waals surface area contributed by atoms with Gasteiger partial charge < -0.3 is 24.1 Å². The van der Waals surface area contributed by atoms with Gasteiger partial charge in [0.1, 0.15) is 17.2 Å². The van der Waals surface area contributed by atoms with Crippen LogP contribution in [0.3, 0.4) is 0 Å². The van der Waals surface area contributed by atoms with Crippen LogP contribution in [0, 0.1) is 11.6 Å². The molecule has 8 nitrogen and oxygen atoms in total. The van der Waals surface area contributed by atoms with Crippen LogP contribution in [0.15, 0.2) is 39.9 Å². The van der Waals surface area contributed by atoms with Crippen molar-refractivity contribution in [3.05, 3.63) is 68.2 Å². The molecule has 2 aromatic carbocycles. The number of carbonyl (C=O) groups excluding carboxylic acids is 1. The summed E-state index contributed by atoms with van der Waals surface area (Å²) in [4.78, 5) is 39.2. The Labute approximate surface area is 175 Å². The van der Waals surface area contributed by atoms with E-state index in [9.17, 15) is 23.2 Å². The summed E-state index contributed by atoms with van der Waals surface area (Å²) in [5.41, 5.74) is -0.452. The molecule has 4 rings (SSSR count). The molecular formula is C21H20F2N4O4. The lowest BCUT2D eigenvalue weighted by Gasteiger charge is -2.31. The number of fused-ring (bicyclic) bond motifs is 1. The van der Waals surface area contributed by atoms with E-state index in [1.165, 1.54) is 35.4 Å². The maximum atomic E-state index is 14.1. The van der Waals surface area contributed by atoms with Crippen molar-refractivity contribution in [3.8, 4) is 0 Å². The number of hydrogen-bond donors (Lipinski definition) is 1. The van der Waals surface area contributed by atoms with Crippen LogP contribution < -0.4 is 21.3 Å². The zero-order chi connectivity index (χ0) is 22.3. The van der Waals surface area contributed by atoms with Crippen molar-refractivity contribution in [2.75, 3.05) is 36.5 Å². The Bertz CT molecular complexity index is 1290. The molecule has 0 aliphatic carbocycles. The standard InChI is InChI=1S/C21H20F2N4O4/c1-25-16-10-14(24-19(28)18-12(22)4-3-5-13(18)23)15(27-6-8-31-9-7-27)11-17(16)26(2)21(30)20(25)29/h3-5,10-11H,6-9H2,1-2H3,(H,24,28). The topological polar surface area (TPSA) is 85.6 Å². The number of aromatic nitrogens is 2. The number of rotatable bonds is 3. The van der Waals surface area contributed by atoms with Gasteiger partial charge in [0, 0.05) is 27.2 Å². The van der Waals surface area contributed by atoms with Gasteiger partial charge in [0.2, 0.25) is 0 Å². The highest BCUT2D eigenvalue weighted by atomic mass is 19.1. The molecular weight excluding hydrogens is 410 g/mol. The Morgan fingerprint density at radius 1 is 0.968 bits per heavy atom. The van der Waals surface area contributed by atoms with Crippen molar-refractivity contribution in [2.24, 2.45) is 14.1 Å². The third-order valence-corrected chi connectivity index (χ3v) is 5.40. The summed E-state index contributed by atoms with van der Waals surface area (Å²) in [6.45, 7) is 1.95. The normalized spacial score (nSPS) is 14.1. The molecule has 162 valence electrons. The molecule has 0 spiro atoms. The Hall–Kier alpha value is -3.53. The van der Waals surface area contributed by atoms with E-state index < -0.39 is 34.2 Å². The van der Waals surface area contributed by atoms with Gasteiger partial charge in [-0.15, -0.1) is 0 Å². The lowest BCUT2D eigenvalue weighted by molar-refractivity contribution is 0.101. The van der Waals surface area contributed by atoms with Gasteiger partial charge in [-0.2, -0.15) is 0 Å². The van der Waals surface area contributed by atoms with Gasteiger partial charge >= 0.3 is 11.1 Å². The summed E-state index contributed by atoms with van der Waals surface area (Å²) in [7, 11) is 2.94. The van der Waals surface area contributed by atoms with Crippen molar-refractivity contribution in [1.29, 1.82) is 0 Å². The van der Waals surface area contributed by atoms with Crippen LogP contribution in [0.2, 0.25) is 0 Å². The maximum absolute atomic E-state index is 14.1. The summed E-state index contributed by atoms with van der Waals surface area (Å²) in [6.07, 6.45) is 0. The Balaban J connectivity index is 1.90. The van der Waals surface area contributed by atoms with Gasteiger partial charge in [0.15, 0.2) is 0 Å². The lowest BCUT2D eigenvalue weighted by atomic mass is 10.1. The van der Waals surface area contributed by atoms with E-state index in [4.69, 9.17) is 4.74 Å². The van der Waals surface area contributed by atoms with Crippen molar-refractivity contribution in [3.63, 3.8) is 0 Å². The average molecular weight is 430 g/mol. The van der Waals surface area contributed by atoms with Crippen LogP contribution in [-0.2, 0) is 18.8 Å². The first-order valence-electron chi connectivity index (χ1n) is 9.61. The first kappa shape index (κ1) is 20.7. The predicted octanol–water partition coefficient (Wildman–Crippen LogP) is 1.60. The van der Waals surface area contributed by atoms with Crippen molar-refractivity contribution >= 4 is 28.3 Å². The highest BCUT2D eigenvalue weighted by Gasteiger charge is 2.23. The molecule has 0 saturated carbocycles. The van der Waals surface area contributed by atoms with E-state index in [2.05, 4.69) is 5.32 Å². The minimum absolute atomic E-state index is 0.260. The van der Waals surface area contributed by atoms with Gasteiger partial charge in [-0.3, -0.25) is 14.4 Å². The molecule has 10 heteroatoms. The van der Waals surface area contributed by atoms with Crippen LogP contribution in [0.1, 0.15) is 10.4 Å². The predicted molar refractivity (Wildman–Crippen MR) is 112 cm³/mol. The molecule has 1 fully saturated rings.